The fraction of sp³-hybridized carbons (Fsp3) is 0.409. The molecular weight excluding hydrogens is 473 g/mol. The molecule has 4 heterocycles. The third kappa shape index (κ3) is 4.24. The number of thiazole rings is 1. The molecule has 33 heavy (non-hydrogen) atoms. The molecule has 2 fully saturated rings. The molecule has 2 aromatic heterocycles. The molecule has 174 valence electrons. The van der Waals surface area contributed by atoms with Crippen molar-refractivity contribution in [3.63, 3.8) is 0 Å². The molecule has 6 nitrogen and oxygen atoms in total. The lowest BCUT2D eigenvalue weighted by atomic mass is 10.0. The summed E-state index contributed by atoms with van der Waals surface area (Å²) in [6.07, 6.45) is -3.81. The molecule has 0 radical (unpaired) electrons. The summed E-state index contributed by atoms with van der Waals surface area (Å²) in [5.41, 5.74) is 1.96. The maximum Gasteiger partial charge on any atom is 0.418 e. The maximum atomic E-state index is 13.8. The van der Waals surface area contributed by atoms with Crippen LogP contribution in [0, 0.1) is 6.92 Å². The maximum absolute atomic E-state index is 13.8. The van der Waals surface area contributed by atoms with Gasteiger partial charge in [0.15, 0.2) is 0 Å². The molecule has 1 N–H and O–H groups in total. The number of benzene rings is 1. The average molecular weight is 495 g/mol. The number of likely N-dealkylation sites (tertiary alicyclic amines) is 2. The van der Waals surface area contributed by atoms with Crippen molar-refractivity contribution in [2.24, 2.45) is 0 Å². The Hall–Kier alpha value is -2.50. The van der Waals surface area contributed by atoms with Crippen LogP contribution in [-0.2, 0) is 6.18 Å². The summed E-state index contributed by atoms with van der Waals surface area (Å²) in [4.78, 5) is 32.4. The van der Waals surface area contributed by atoms with Gasteiger partial charge >= 0.3 is 6.18 Å². The van der Waals surface area contributed by atoms with Crippen molar-refractivity contribution in [2.75, 3.05) is 26.2 Å². The first-order chi connectivity index (χ1) is 15.7. The molecule has 0 bridgehead atoms. The van der Waals surface area contributed by atoms with E-state index in [4.69, 9.17) is 0 Å². The second kappa shape index (κ2) is 8.37. The van der Waals surface area contributed by atoms with Gasteiger partial charge in [-0.3, -0.25) is 9.59 Å². The fourth-order valence-electron chi connectivity index (χ4n) is 4.43. The van der Waals surface area contributed by atoms with E-state index < -0.39 is 17.6 Å². The van der Waals surface area contributed by atoms with Crippen molar-refractivity contribution in [1.29, 1.82) is 0 Å². The number of amides is 2. The standard InChI is InChI=1S/C22H21F3N4O2S2/c1-12-2-3-17-15(6-12)18(22(23,24)25)19(33-17)21(31)29-8-14(9-29)27-13-4-5-28(7-13)20(30)16-10-32-11-26-16/h2-3,6,10-11,13-14,27H,4-5,7-9H2,1H3/t13-/m0/s1. The molecule has 2 aliphatic heterocycles. The molecule has 0 aliphatic carbocycles. The van der Waals surface area contributed by atoms with Crippen LogP contribution in [0.2, 0.25) is 0 Å². The van der Waals surface area contributed by atoms with Crippen LogP contribution in [0.3, 0.4) is 0 Å². The topological polar surface area (TPSA) is 65.5 Å². The normalized spacial score (nSPS) is 19.3. The van der Waals surface area contributed by atoms with Gasteiger partial charge < -0.3 is 15.1 Å². The zero-order valence-corrected chi connectivity index (χ0v) is 19.3. The molecule has 1 aromatic carbocycles. The molecule has 5 rings (SSSR count). The number of hydrogen-bond donors (Lipinski definition) is 1. The van der Waals surface area contributed by atoms with Crippen LogP contribution in [0.5, 0.6) is 0 Å². The van der Waals surface area contributed by atoms with E-state index in [2.05, 4.69) is 10.3 Å². The van der Waals surface area contributed by atoms with Gasteiger partial charge in [0, 0.05) is 53.7 Å². The lowest BCUT2D eigenvalue weighted by Crippen LogP contribution is -2.62. The Kier molecular flexibility index (Phi) is 5.66. The predicted molar refractivity (Wildman–Crippen MR) is 121 cm³/mol. The monoisotopic (exact) mass is 494 g/mol. The summed E-state index contributed by atoms with van der Waals surface area (Å²) >= 11 is 2.28. The highest BCUT2D eigenvalue weighted by atomic mass is 32.1. The minimum absolute atomic E-state index is 0.000709. The largest absolute Gasteiger partial charge is 0.418 e. The molecule has 0 saturated carbocycles. The van der Waals surface area contributed by atoms with Crippen LogP contribution >= 0.6 is 22.7 Å². The Morgan fingerprint density at radius 1 is 1.12 bits per heavy atom. The number of aromatic nitrogens is 1. The van der Waals surface area contributed by atoms with E-state index in [-0.39, 0.29) is 28.3 Å². The lowest BCUT2D eigenvalue weighted by Gasteiger charge is -2.41. The third-order valence-electron chi connectivity index (χ3n) is 6.09. The molecule has 2 saturated heterocycles. The minimum atomic E-state index is -4.60. The third-order valence-corrected chi connectivity index (χ3v) is 7.83. The van der Waals surface area contributed by atoms with Crippen molar-refractivity contribution in [2.45, 2.75) is 31.6 Å². The SMILES string of the molecule is Cc1ccc2sc(C(=O)N3CC(N[C@H]4CCN(C(=O)c5cscn5)C4)C3)c(C(F)(F)F)c2c1. The van der Waals surface area contributed by atoms with Gasteiger partial charge in [-0.15, -0.1) is 22.7 Å². The smallest absolute Gasteiger partial charge is 0.336 e. The molecule has 0 unspecified atom stereocenters. The van der Waals surface area contributed by atoms with E-state index in [0.29, 0.717) is 36.6 Å². The Labute approximate surface area is 196 Å². The van der Waals surface area contributed by atoms with E-state index in [1.165, 1.54) is 22.3 Å². The minimum Gasteiger partial charge on any atom is -0.336 e. The fourth-order valence-corrected chi connectivity index (χ4v) is 6.13. The zero-order valence-electron chi connectivity index (χ0n) is 17.7. The van der Waals surface area contributed by atoms with Crippen LogP contribution in [-0.4, -0.2) is 64.9 Å². The molecule has 1 atom stereocenters. The highest BCUT2D eigenvalue weighted by Gasteiger charge is 2.42. The van der Waals surface area contributed by atoms with Crippen molar-refractivity contribution in [3.8, 4) is 0 Å². The quantitative estimate of drug-likeness (QED) is 0.595. The lowest BCUT2D eigenvalue weighted by molar-refractivity contribution is -0.136. The van der Waals surface area contributed by atoms with Crippen LogP contribution < -0.4 is 5.32 Å². The van der Waals surface area contributed by atoms with Gasteiger partial charge in [0.25, 0.3) is 11.8 Å². The van der Waals surface area contributed by atoms with E-state index in [9.17, 15) is 22.8 Å². The summed E-state index contributed by atoms with van der Waals surface area (Å²) in [5, 5.41) is 5.25. The molecule has 3 aromatic rings. The van der Waals surface area contributed by atoms with Gasteiger partial charge in [-0.05, 0) is 25.5 Å². The number of nitrogens with zero attached hydrogens (tertiary/aromatic N) is 3. The Balaban J connectivity index is 1.22. The Morgan fingerprint density at radius 3 is 2.58 bits per heavy atom. The van der Waals surface area contributed by atoms with Crippen LogP contribution in [0.15, 0.2) is 29.1 Å². The number of hydrogen-bond acceptors (Lipinski definition) is 6. The van der Waals surface area contributed by atoms with Gasteiger partial charge in [-0.25, -0.2) is 4.98 Å². The summed E-state index contributed by atoms with van der Waals surface area (Å²) in [6.45, 7) is 3.60. The number of rotatable bonds is 4. The van der Waals surface area contributed by atoms with E-state index in [1.54, 1.807) is 34.8 Å². The van der Waals surface area contributed by atoms with Gasteiger partial charge in [0.05, 0.1) is 11.1 Å². The Bertz CT molecular complexity index is 1200. The zero-order chi connectivity index (χ0) is 23.3. The highest BCUT2D eigenvalue weighted by Crippen LogP contribution is 2.43. The average Bonchev–Trinajstić information content (AvgIpc) is 3.47. The van der Waals surface area contributed by atoms with E-state index in [0.717, 1.165) is 23.3 Å². The summed E-state index contributed by atoms with van der Waals surface area (Å²) < 4.78 is 41.9. The number of halogens is 3. The number of thiophene rings is 1. The van der Waals surface area contributed by atoms with Gasteiger partial charge in [0.1, 0.15) is 10.6 Å². The second-order valence-electron chi connectivity index (χ2n) is 8.49. The van der Waals surface area contributed by atoms with Crippen LogP contribution in [0.4, 0.5) is 13.2 Å². The first-order valence-corrected chi connectivity index (χ1v) is 12.3. The first kappa shape index (κ1) is 22.3. The van der Waals surface area contributed by atoms with Crippen molar-refractivity contribution in [1.82, 2.24) is 20.1 Å². The van der Waals surface area contributed by atoms with Crippen LogP contribution in [0.1, 0.15) is 37.7 Å². The van der Waals surface area contributed by atoms with Crippen molar-refractivity contribution < 1.29 is 22.8 Å². The molecule has 2 amide bonds. The summed E-state index contributed by atoms with van der Waals surface area (Å²) in [5.74, 6) is -0.670. The summed E-state index contributed by atoms with van der Waals surface area (Å²) in [6, 6.07) is 4.97. The highest BCUT2D eigenvalue weighted by molar-refractivity contribution is 7.21. The molecule has 2 aliphatic rings. The number of nitrogens with one attached hydrogen (secondary N) is 1. The predicted octanol–water partition coefficient (Wildman–Crippen LogP) is 4.01. The number of alkyl halides is 3. The number of carbonyl (C=O) groups excluding carboxylic acids is 2. The summed E-state index contributed by atoms with van der Waals surface area (Å²) in [7, 11) is 0. The van der Waals surface area contributed by atoms with Crippen molar-refractivity contribution >= 4 is 44.6 Å². The Morgan fingerprint density at radius 2 is 1.88 bits per heavy atom. The van der Waals surface area contributed by atoms with Crippen LogP contribution in [0.25, 0.3) is 10.1 Å². The first-order valence-electron chi connectivity index (χ1n) is 10.5. The van der Waals surface area contributed by atoms with E-state index in [1.807, 2.05) is 0 Å². The van der Waals surface area contributed by atoms with E-state index >= 15 is 0 Å². The van der Waals surface area contributed by atoms with Gasteiger partial charge in [0.2, 0.25) is 0 Å². The van der Waals surface area contributed by atoms with Gasteiger partial charge in [-0.2, -0.15) is 13.2 Å². The number of fused-ring (bicyclic) bond motifs is 1. The van der Waals surface area contributed by atoms with Crippen molar-refractivity contribution in [3.05, 3.63) is 50.8 Å². The second-order valence-corrected chi connectivity index (χ2v) is 10.3. The number of carbonyl (C=O) groups is 2. The molecule has 11 heteroatoms. The number of aryl methyl sites for hydroxylation is 1. The van der Waals surface area contributed by atoms with Gasteiger partial charge in [-0.1, -0.05) is 11.6 Å². The molecular formula is C22H21F3N4O2S2. The molecule has 0 spiro atoms.